The molecule has 0 aromatic carbocycles. The van der Waals surface area contributed by atoms with Crippen molar-refractivity contribution in [1.29, 1.82) is 0 Å². The average Bonchev–Trinajstić information content (AvgIpc) is 2.14. The van der Waals surface area contributed by atoms with E-state index in [2.05, 4.69) is 0 Å². The molecule has 1 atom stereocenters. The lowest BCUT2D eigenvalue weighted by molar-refractivity contribution is 0.418. The number of hydrogen-bond donors (Lipinski definition) is 1. The van der Waals surface area contributed by atoms with Gasteiger partial charge < -0.3 is 4.90 Å². The van der Waals surface area contributed by atoms with Gasteiger partial charge in [-0.3, -0.25) is 0 Å². The fraction of sp³-hybridized carbons (Fsp3) is 1.00. The lowest BCUT2D eigenvalue weighted by atomic mass is 10.4. The second kappa shape index (κ2) is 2.66. The van der Waals surface area contributed by atoms with Crippen LogP contribution in [0.4, 0.5) is 0 Å². The Labute approximate surface area is 56.6 Å². The summed E-state index contributed by atoms with van der Waals surface area (Å²) in [6, 6.07) is 0. The molecule has 9 heavy (non-hydrogen) atoms. The van der Waals surface area contributed by atoms with E-state index in [0.29, 0.717) is 0 Å². The molecular formula is C5H11NO2S. The zero-order valence-corrected chi connectivity index (χ0v) is 6.30. The van der Waals surface area contributed by atoms with E-state index < -0.39 is 10.7 Å². The predicted octanol–water partition coefficient (Wildman–Crippen LogP) is -0.698. The second-order valence-corrected chi connectivity index (χ2v) is 3.79. The second-order valence-electron chi connectivity index (χ2n) is 2.49. The molecule has 1 fully saturated rings. The molecule has 54 valence electrons. The number of likely N-dealkylation sites (tertiary alicyclic amines) is 1. The molecule has 0 saturated carbocycles. The molecular weight excluding hydrogens is 138 g/mol. The molecule has 0 amide bonds. The summed E-state index contributed by atoms with van der Waals surface area (Å²) in [4.78, 5) is 2.04. The van der Waals surface area contributed by atoms with Crippen molar-refractivity contribution in [3.8, 4) is 0 Å². The maximum Gasteiger partial charge on any atom is 0.144 e. The van der Waals surface area contributed by atoms with Gasteiger partial charge in [0.25, 0.3) is 0 Å². The number of thiol groups is 1. The van der Waals surface area contributed by atoms with Crippen molar-refractivity contribution in [3.05, 3.63) is 0 Å². The van der Waals surface area contributed by atoms with Gasteiger partial charge in [-0.15, -0.1) is 0 Å². The third-order valence-electron chi connectivity index (χ3n) is 1.66. The van der Waals surface area contributed by atoms with Crippen LogP contribution in [0.3, 0.4) is 0 Å². The minimum Gasteiger partial charge on any atom is -0.305 e. The molecule has 0 aliphatic carbocycles. The summed E-state index contributed by atoms with van der Waals surface area (Å²) in [5, 5.41) is -0.0787. The molecule has 0 bridgehead atoms. The van der Waals surface area contributed by atoms with E-state index in [4.69, 9.17) is 0 Å². The molecule has 0 unspecified atom stereocenters. The predicted molar refractivity (Wildman–Crippen MR) is 36.2 cm³/mol. The molecule has 1 heterocycles. The van der Waals surface area contributed by atoms with Gasteiger partial charge in [-0.25, -0.2) is 8.42 Å². The Kier molecular flexibility index (Phi) is 2.08. The largest absolute Gasteiger partial charge is 0.305 e. The van der Waals surface area contributed by atoms with Crippen molar-refractivity contribution >= 4 is 10.7 Å². The lowest BCUT2D eigenvalue weighted by Gasteiger charge is -2.03. The van der Waals surface area contributed by atoms with Crippen LogP contribution in [-0.4, -0.2) is 38.7 Å². The van der Waals surface area contributed by atoms with E-state index in [1.54, 1.807) is 0 Å². The summed E-state index contributed by atoms with van der Waals surface area (Å²) in [6.07, 6.45) is 0.815. The number of hydrogen-bond acceptors (Lipinski definition) is 3. The molecule has 0 aromatic heterocycles. The number of nitrogens with zero attached hydrogens (tertiary/aromatic N) is 1. The van der Waals surface area contributed by atoms with E-state index in [9.17, 15) is 8.42 Å². The normalized spacial score (nSPS) is 29.8. The average molecular weight is 149 g/mol. The standard InChI is InChI=1S/C5H11NO2S/c1-6-3-2-5(4-6)9(7)8/h5,9H,2-4H2,1H3/t5-/m1/s1. The van der Waals surface area contributed by atoms with Gasteiger partial charge in [0.2, 0.25) is 0 Å². The van der Waals surface area contributed by atoms with Crippen LogP contribution in [0.25, 0.3) is 0 Å². The topological polar surface area (TPSA) is 37.4 Å². The first-order valence-electron chi connectivity index (χ1n) is 3.02. The maximum atomic E-state index is 10.4. The van der Waals surface area contributed by atoms with E-state index in [0.717, 1.165) is 19.5 Å². The van der Waals surface area contributed by atoms with Crippen LogP contribution < -0.4 is 0 Å². The Balaban J connectivity index is 2.48. The van der Waals surface area contributed by atoms with Crippen molar-refractivity contribution in [2.24, 2.45) is 0 Å². The fourth-order valence-corrected chi connectivity index (χ4v) is 1.82. The highest BCUT2D eigenvalue weighted by atomic mass is 32.2. The molecule has 1 rings (SSSR count). The van der Waals surface area contributed by atoms with E-state index in [-0.39, 0.29) is 5.25 Å². The van der Waals surface area contributed by atoms with Crippen LogP contribution >= 0.6 is 0 Å². The summed E-state index contributed by atoms with van der Waals surface area (Å²) in [5.74, 6) is 0. The van der Waals surface area contributed by atoms with Crippen molar-refractivity contribution in [3.63, 3.8) is 0 Å². The Bertz CT molecular complexity index is 158. The third kappa shape index (κ3) is 1.66. The molecule has 4 heteroatoms. The smallest absolute Gasteiger partial charge is 0.144 e. The van der Waals surface area contributed by atoms with Gasteiger partial charge in [0, 0.05) is 6.54 Å². The maximum absolute atomic E-state index is 10.4. The zero-order chi connectivity index (χ0) is 6.85. The van der Waals surface area contributed by atoms with Crippen LogP contribution in [0.1, 0.15) is 6.42 Å². The van der Waals surface area contributed by atoms with Gasteiger partial charge in [-0.1, -0.05) is 0 Å². The minimum absolute atomic E-state index is 0.0787. The molecule has 1 aliphatic heterocycles. The van der Waals surface area contributed by atoms with Gasteiger partial charge in [-0.05, 0) is 20.0 Å². The van der Waals surface area contributed by atoms with Gasteiger partial charge in [0.15, 0.2) is 0 Å². The minimum atomic E-state index is -2.17. The monoisotopic (exact) mass is 149 g/mol. The van der Waals surface area contributed by atoms with Crippen LogP contribution in [0, 0.1) is 0 Å². The summed E-state index contributed by atoms with van der Waals surface area (Å²) in [7, 11) is -0.227. The van der Waals surface area contributed by atoms with Crippen molar-refractivity contribution < 1.29 is 8.42 Å². The number of rotatable bonds is 1. The van der Waals surface area contributed by atoms with Crippen LogP contribution in [0.2, 0.25) is 0 Å². The first-order valence-corrected chi connectivity index (χ1v) is 4.27. The van der Waals surface area contributed by atoms with Crippen LogP contribution in [-0.2, 0) is 10.7 Å². The van der Waals surface area contributed by atoms with Gasteiger partial charge in [-0.2, -0.15) is 0 Å². The fourth-order valence-electron chi connectivity index (χ4n) is 1.08. The van der Waals surface area contributed by atoms with Gasteiger partial charge in [0.05, 0.1) is 5.25 Å². The lowest BCUT2D eigenvalue weighted by Crippen LogP contribution is -2.17. The molecule has 1 saturated heterocycles. The Morgan fingerprint density at radius 2 is 2.22 bits per heavy atom. The van der Waals surface area contributed by atoms with Crippen LogP contribution in [0.5, 0.6) is 0 Å². The van der Waals surface area contributed by atoms with Crippen molar-refractivity contribution in [2.75, 3.05) is 20.1 Å². The van der Waals surface area contributed by atoms with E-state index in [1.807, 2.05) is 11.9 Å². The van der Waals surface area contributed by atoms with E-state index >= 15 is 0 Å². The molecule has 0 spiro atoms. The first-order chi connectivity index (χ1) is 4.20. The van der Waals surface area contributed by atoms with Gasteiger partial charge in [0.1, 0.15) is 10.7 Å². The van der Waals surface area contributed by atoms with E-state index in [1.165, 1.54) is 0 Å². The highest BCUT2D eigenvalue weighted by Crippen LogP contribution is 2.08. The summed E-state index contributed by atoms with van der Waals surface area (Å²) < 4.78 is 20.7. The highest BCUT2D eigenvalue weighted by Gasteiger charge is 2.20. The Morgan fingerprint density at radius 1 is 1.56 bits per heavy atom. The van der Waals surface area contributed by atoms with Crippen LogP contribution in [0.15, 0.2) is 0 Å². The quantitative estimate of drug-likeness (QED) is 0.501. The summed E-state index contributed by atoms with van der Waals surface area (Å²) in [6.45, 7) is 1.65. The Hall–Kier alpha value is -0.0900. The molecule has 1 aliphatic rings. The summed E-state index contributed by atoms with van der Waals surface area (Å²) >= 11 is 0. The molecule has 3 nitrogen and oxygen atoms in total. The molecule has 0 N–H and O–H groups in total. The summed E-state index contributed by atoms with van der Waals surface area (Å²) in [5.41, 5.74) is 0. The highest BCUT2D eigenvalue weighted by molar-refractivity contribution is 7.73. The van der Waals surface area contributed by atoms with Crippen molar-refractivity contribution in [2.45, 2.75) is 11.7 Å². The molecule has 0 radical (unpaired) electrons. The SMILES string of the molecule is CN1CC[C@@H]([SH](=O)=O)C1. The molecule has 0 aromatic rings. The zero-order valence-electron chi connectivity index (χ0n) is 5.41. The third-order valence-corrected chi connectivity index (χ3v) is 2.68. The first kappa shape index (κ1) is 7.02. The van der Waals surface area contributed by atoms with Gasteiger partial charge >= 0.3 is 0 Å². The Morgan fingerprint density at radius 3 is 2.44 bits per heavy atom. The van der Waals surface area contributed by atoms with Crippen molar-refractivity contribution in [1.82, 2.24) is 4.90 Å².